The van der Waals surface area contributed by atoms with E-state index in [4.69, 9.17) is 17.0 Å². The Balaban J connectivity index is 1.67. The molecule has 0 bridgehead atoms. The van der Waals surface area contributed by atoms with Crippen molar-refractivity contribution in [2.75, 3.05) is 23.0 Å². The number of sulfonamides is 1. The summed E-state index contributed by atoms with van der Waals surface area (Å²) in [6.45, 7) is 0. The van der Waals surface area contributed by atoms with Crippen LogP contribution in [0.25, 0.3) is 5.69 Å². The molecule has 190 valence electrons. The number of thiocarbonyl (C=S) groups is 1. The van der Waals surface area contributed by atoms with Crippen LogP contribution in [0.4, 0.5) is 11.4 Å². The van der Waals surface area contributed by atoms with Crippen LogP contribution in [0.15, 0.2) is 89.7 Å². The van der Waals surface area contributed by atoms with Gasteiger partial charge in [0.05, 0.1) is 30.8 Å². The van der Waals surface area contributed by atoms with Crippen molar-refractivity contribution in [2.24, 2.45) is 0 Å². The van der Waals surface area contributed by atoms with Gasteiger partial charge < -0.3 is 19.5 Å². The molecule has 2 aromatic heterocycles. The third kappa shape index (κ3) is 5.20. The summed E-state index contributed by atoms with van der Waals surface area (Å²) in [6.07, 6.45) is 4.87. The maximum atomic E-state index is 12.0. The van der Waals surface area contributed by atoms with Gasteiger partial charge in [0.1, 0.15) is 11.8 Å². The van der Waals surface area contributed by atoms with Crippen LogP contribution < -0.4 is 19.7 Å². The van der Waals surface area contributed by atoms with E-state index in [2.05, 4.69) is 41.6 Å². The van der Waals surface area contributed by atoms with E-state index in [1.165, 1.54) is 7.11 Å². The summed E-state index contributed by atoms with van der Waals surface area (Å²) in [7, 11) is -2.04. The SMILES string of the molecule is COc1ccc(N2C(=S)N[C@@H](c3ccccn3)[C@H]2c2cccn2-c2cccc(Br)c2)cc1NS(C)(=O)=O. The Morgan fingerprint density at radius 3 is 2.59 bits per heavy atom. The summed E-state index contributed by atoms with van der Waals surface area (Å²) in [6, 6.07) is 22.7. The Morgan fingerprint density at radius 1 is 1.05 bits per heavy atom. The number of hydrogen-bond donors (Lipinski definition) is 2. The lowest BCUT2D eigenvalue weighted by Gasteiger charge is -2.29. The number of hydrogen-bond acceptors (Lipinski definition) is 5. The molecule has 3 heterocycles. The number of anilines is 2. The minimum Gasteiger partial charge on any atom is -0.495 e. The summed E-state index contributed by atoms with van der Waals surface area (Å²) in [5.41, 5.74) is 3.83. The monoisotopic (exact) mass is 597 g/mol. The van der Waals surface area contributed by atoms with Gasteiger partial charge in [0.25, 0.3) is 0 Å². The average Bonchev–Trinajstić information content (AvgIpc) is 3.48. The Labute approximate surface area is 229 Å². The molecule has 5 rings (SSSR count). The Bertz CT molecular complexity index is 1560. The highest BCUT2D eigenvalue weighted by Gasteiger charge is 2.42. The summed E-state index contributed by atoms with van der Waals surface area (Å²) in [5, 5.41) is 3.94. The highest BCUT2D eigenvalue weighted by atomic mass is 79.9. The number of nitrogens with zero attached hydrogens (tertiary/aromatic N) is 3. The minimum atomic E-state index is -3.54. The lowest BCUT2D eigenvalue weighted by Crippen LogP contribution is -2.30. The summed E-state index contributed by atoms with van der Waals surface area (Å²) < 4.78 is 35.1. The van der Waals surface area contributed by atoms with Crippen LogP contribution in [0.3, 0.4) is 0 Å². The van der Waals surface area contributed by atoms with Crippen molar-refractivity contribution in [3.63, 3.8) is 0 Å². The Hall–Kier alpha value is -3.41. The number of benzene rings is 2. The number of ether oxygens (including phenoxy) is 1. The molecule has 37 heavy (non-hydrogen) atoms. The van der Waals surface area contributed by atoms with Gasteiger partial charge >= 0.3 is 0 Å². The van der Waals surface area contributed by atoms with Gasteiger partial charge in [0.2, 0.25) is 10.0 Å². The van der Waals surface area contributed by atoms with Crippen LogP contribution >= 0.6 is 28.1 Å². The molecule has 2 aromatic carbocycles. The molecule has 2 atom stereocenters. The van der Waals surface area contributed by atoms with Crippen molar-refractivity contribution >= 4 is 54.7 Å². The van der Waals surface area contributed by atoms with E-state index in [1.54, 1.807) is 18.3 Å². The fourth-order valence-corrected chi connectivity index (χ4v) is 5.85. The number of methoxy groups -OCH3 is 1. The van der Waals surface area contributed by atoms with Gasteiger partial charge in [-0.15, -0.1) is 0 Å². The molecule has 0 unspecified atom stereocenters. The van der Waals surface area contributed by atoms with Crippen LogP contribution in [-0.4, -0.2) is 36.4 Å². The number of halogens is 1. The second kappa shape index (κ2) is 10.2. The number of aromatic nitrogens is 2. The topological polar surface area (TPSA) is 88.5 Å². The van der Waals surface area contributed by atoms with Crippen molar-refractivity contribution in [2.45, 2.75) is 12.1 Å². The number of nitrogens with one attached hydrogen (secondary N) is 2. The first-order chi connectivity index (χ1) is 17.7. The van der Waals surface area contributed by atoms with Gasteiger partial charge in [-0.05, 0) is 72.9 Å². The summed E-state index contributed by atoms with van der Waals surface area (Å²) in [5.74, 6) is 0.405. The molecule has 0 amide bonds. The zero-order valence-corrected chi connectivity index (χ0v) is 23.2. The molecule has 1 fully saturated rings. The molecule has 0 aliphatic carbocycles. The highest BCUT2D eigenvalue weighted by molar-refractivity contribution is 9.10. The maximum Gasteiger partial charge on any atom is 0.229 e. The molecule has 0 radical (unpaired) electrons. The molecular weight excluding hydrogens is 574 g/mol. The molecular formula is C26H24BrN5O3S2. The Kier molecular flexibility index (Phi) is 6.93. The predicted molar refractivity (Wildman–Crippen MR) is 153 cm³/mol. The minimum absolute atomic E-state index is 0.261. The van der Waals surface area contributed by atoms with E-state index in [0.29, 0.717) is 22.2 Å². The van der Waals surface area contributed by atoms with E-state index < -0.39 is 10.0 Å². The Morgan fingerprint density at radius 2 is 1.89 bits per heavy atom. The molecule has 1 saturated heterocycles. The fraction of sp³-hybridized carbons (Fsp3) is 0.154. The zero-order valence-electron chi connectivity index (χ0n) is 20.0. The smallest absolute Gasteiger partial charge is 0.229 e. The maximum absolute atomic E-state index is 12.0. The van der Waals surface area contributed by atoms with Crippen molar-refractivity contribution in [1.82, 2.24) is 14.9 Å². The first-order valence-corrected chi connectivity index (χ1v) is 14.4. The van der Waals surface area contributed by atoms with Crippen molar-refractivity contribution < 1.29 is 13.2 Å². The van der Waals surface area contributed by atoms with E-state index in [0.717, 1.165) is 27.8 Å². The second-order valence-electron chi connectivity index (χ2n) is 8.54. The fourth-order valence-electron chi connectivity index (χ4n) is 4.55. The predicted octanol–water partition coefficient (Wildman–Crippen LogP) is 5.19. The van der Waals surface area contributed by atoms with Crippen LogP contribution in [0.1, 0.15) is 23.5 Å². The summed E-state index contributed by atoms with van der Waals surface area (Å²) >= 11 is 9.42. The van der Waals surface area contributed by atoms with Crippen molar-refractivity contribution in [3.8, 4) is 11.4 Å². The molecule has 4 aromatic rings. The van der Waals surface area contributed by atoms with Gasteiger partial charge in [0.15, 0.2) is 5.11 Å². The zero-order chi connectivity index (χ0) is 26.2. The van der Waals surface area contributed by atoms with Crippen LogP contribution in [0, 0.1) is 0 Å². The lowest BCUT2D eigenvalue weighted by molar-refractivity contribution is 0.417. The molecule has 8 nitrogen and oxygen atoms in total. The van der Waals surface area contributed by atoms with E-state index >= 15 is 0 Å². The van der Waals surface area contributed by atoms with E-state index in [-0.39, 0.29) is 12.1 Å². The van der Waals surface area contributed by atoms with Gasteiger partial charge in [-0.1, -0.05) is 28.1 Å². The second-order valence-corrected chi connectivity index (χ2v) is 11.6. The van der Waals surface area contributed by atoms with Gasteiger partial charge in [-0.25, -0.2) is 8.42 Å². The van der Waals surface area contributed by atoms with Gasteiger partial charge in [-0.2, -0.15) is 0 Å². The molecule has 0 saturated carbocycles. The largest absolute Gasteiger partial charge is 0.495 e. The molecule has 2 N–H and O–H groups in total. The normalized spacial score (nSPS) is 17.5. The van der Waals surface area contributed by atoms with Gasteiger partial charge in [0, 0.05) is 33.9 Å². The summed E-state index contributed by atoms with van der Waals surface area (Å²) in [4.78, 5) is 6.61. The quantitative estimate of drug-likeness (QED) is 0.283. The number of rotatable bonds is 7. The van der Waals surface area contributed by atoms with Gasteiger partial charge in [-0.3, -0.25) is 9.71 Å². The van der Waals surface area contributed by atoms with Crippen molar-refractivity contribution in [3.05, 3.63) is 101 Å². The standard InChI is InChI=1S/C26H24BrN5O3S2/c1-35-23-12-11-19(16-21(23)30-37(2,33)34)32-25(24(29-26(32)36)20-9-3-4-13-28-20)22-10-6-14-31(22)18-8-5-7-17(27)15-18/h3-16,24-25,30H,1-2H3,(H,29,36)/t24-,25+/m0/s1. The van der Waals surface area contributed by atoms with Crippen LogP contribution in [0.2, 0.25) is 0 Å². The lowest BCUT2D eigenvalue weighted by atomic mass is 10.0. The number of pyridine rings is 1. The first-order valence-electron chi connectivity index (χ1n) is 11.3. The molecule has 1 aliphatic heterocycles. The highest BCUT2D eigenvalue weighted by Crippen LogP contribution is 2.44. The third-order valence-corrected chi connectivity index (χ3v) is 7.42. The van der Waals surface area contributed by atoms with Crippen LogP contribution in [0.5, 0.6) is 5.75 Å². The molecule has 1 aliphatic rings. The first kappa shape index (κ1) is 25.2. The van der Waals surface area contributed by atoms with E-state index in [9.17, 15) is 8.42 Å². The average molecular weight is 599 g/mol. The van der Waals surface area contributed by atoms with Crippen LogP contribution in [-0.2, 0) is 10.0 Å². The molecule has 11 heteroatoms. The van der Waals surface area contributed by atoms with E-state index in [1.807, 2.05) is 65.7 Å². The molecule has 0 spiro atoms. The van der Waals surface area contributed by atoms with Crippen molar-refractivity contribution in [1.29, 1.82) is 0 Å². The third-order valence-electron chi connectivity index (χ3n) is 6.02.